The van der Waals surface area contributed by atoms with Gasteiger partial charge in [-0.3, -0.25) is 9.98 Å². The van der Waals surface area contributed by atoms with E-state index in [0.29, 0.717) is 5.57 Å². The topological polar surface area (TPSA) is 28.5 Å². The van der Waals surface area contributed by atoms with Crippen molar-refractivity contribution in [2.75, 3.05) is 14.1 Å². The smallest absolute Gasteiger partial charge is 0.168 e. The van der Waals surface area contributed by atoms with Gasteiger partial charge in [-0.25, -0.2) is 4.39 Å². The van der Waals surface area contributed by atoms with Crippen molar-refractivity contribution in [1.29, 1.82) is 0 Å². The van der Waals surface area contributed by atoms with Crippen molar-refractivity contribution in [2.45, 2.75) is 18.7 Å². The molecule has 0 saturated carbocycles. The van der Waals surface area contributed by atoms with Crippen LogP contribution in [0.25, 0.3) is 16.5 Å². The predicted molar refractivity (Wildman–Crippen MR) is 134 cm³/mol. The fourth-order valence-corrected chi connectivity index (χ4v) is 3.58. The van der Waals surface area contributed by atoms with Gasteiger partial charge in [-0.2, -0.15) is 0 Å². The van der Waals surface area contributed by atoms with Crippen LogP contribution in [0.4, 0.5) is 4.39 Å². The van der Waals surface area contributed by atoms with Crippen LogP contribution in [0, 0.1) is 5.82 Å². The maximum absolute atomic E-state index is 13.4. The number of rotatable bonds is 5. The molecular formula is C26H28FN3S. The first kappa shape index (κ1) is 24.1. The second-order valence-electron chi connectivity index (χ2n) is 6.39. The van der Waals surface area contributed by atoms with Crippen molar-refractivity contribution in [1.82, 2.24) is 9.88 Å². The van der Waals surface area contributed by atoms with Gasteiger partial charge in [-0.1, -0.05) is 63.0 Å². The van der Waals surface area contributed by atoms with Gasteiger partial charge in [0.05, 0.1) is 5.52 Å². The van der Waals surface area contributed by atoms with E-state index >= 15 is 0 Å². The molecule has 0 aliphatic carbocycles. The molecule has 1 aromatic heterocycles. The van der Waals surface area contributed by atoms with Crippen molar-refractivity contribution in [2.24, 2.45) is 4.99 Å². The molecule has 0 unspecified atom stereocenters. The molecule has 3 nitrogen and oxygen atoms in total. The molecule has 0 N–H and O–H groups in total. The average molecular weight is 434 g/mol. The third kappa shape index (κ3) is 6.66. The van der Waals surface area contributed by atoms with Crippen LogP contribution in [0.15, 0.2) is 102 Å². The molecule has 0 atom stereocenters. The van der Waals surface area contributed by atoms with Crippen molar-refractivity contribution in [3.63, 3.8) is 0 Å². The largest absolute Gasteiger partial charge is 0.325 e. The van der Waals surface area contributed by atoms with Crippen LogP contribution in [0.5, 0.6) is 0 Å². The van der Waals surface area contributed by atoms with Gasteiger partial charge < -0.3 is 4.90 Å². The minimum atomic E-state index is -0.282. The lowest BCUT2D eigenvalue weighted by Gasteiger charge is -2.21. The normalized spacial score (nSPS) is 11.2. The first-order valence-corrected chi connectivity index (χ1v) is 10.8. The number of aliphatic imine (C=N–C) groups is 1. The van der Waals surface area contributed by atoms with Crippen molar-refractivity contribution in [3.8, 4) is 0 Å². The van der Waals surface area contributed by atoms with Gasteiger partial charge in [0.1, 0.15) is 5.82 Å². The molecule has 0 aliphatic heterocycles. The van der Waals surface area contributed by atoms with Gasteiger partial charge in [0.15, 0.2) is 5.17 Å². The first-order chi connectivity index (χ1) is 15.0. The third-order valence-corrected chi connectivity index (χ3v) is 5.49. The summed E-state index contributed by atoms with van der Waals surface area (Å²) in [4.78, 5) is 11.7. The summed E-state index contributed by atoms with van der Waals surface area (Å²) < 4.78 is 13.4. The molecule has 1 heterocycles. The zero-order valence-corrected chi connectivity index (χ0v) is 19.3. The van der Waals surface area contributed by atoms with Crippen LogP contribution in [-0.2, 0) is 0 Å². The number of allylic oxidation sites excluding steroid dienone is 3. The average Bonchev–Trinajstić information content (AvgIpc) is 2.81. The number of halogens is 1. The van der Waals surface area contributed by atoms with Crippen molar-refractivity contribution < 1.29 is 4.39 Å². The fraction of sp³-hybridized carbons (Fsp3) is 0.154. The molecule has 160 valence electrons. The highest BCUT2D eigenvalue weighted by atomic mass is 32.2. The summed E-state index contributed by atoms with van der Waals surface area (Å²) in [5.74, 6) is -0.282. The molecule has 0 spiro atoms. The highest BCUT2D eigenvalue weighted by Crippen LogP contribution is 2.26. The number of hydrogen-bond acceptors (Lipinski definition) is 3. The molecule has 3 aromatic rings. The zero-order valence-electron chi connectivity index (χ0n) is 18.5. The van der Waals surface area contributed by atoms with Gasteiger partial charge in [-0.05, 0) is 53.6 Å². The minimum Gasteiger partial charge on any atom is -0.325 e. The monoisotopic (exact) mass is 433 g/mol. The van der Waals surface area contributed by atoms with Gasteiger partial charge in [0, 0.05) is 36.3 Å². The molecule has 3 rings (SSSR count). The van der Waals surface area contributed by atoms with E-state index in [1.165, 1.54) is 12.1 Å². The number of pyridine rings is 1. The summed E-state index contributed by atoms with van der Waals surface area (Å²) in [6, 6.07) is 16.5. The second kappa shape index (κ2) is 11.9. The number of fused-ring (bicyclic) bond motifs is 1. The summed E-state index contributed by atoms with van der Waals surface area (Å²) >= 11 is 1.55. The Morgan fingerprint density at radius 1 is 1.06 bits per heavy atom. The Labute approximate surface area is 188 Å². The van der Waals surface area contributed by atoms with Gasteiger partial charge in [0.25, 0.3) is 0 Å². The van der Waals surface area contributed by atoms with E-state index in [4.69, 9.17) is 0 Å². The van der Waals surface area contributed by atoms with Gasteiger partial charge >= 0.3 is 0 Å². The van der Waals surface area contributed by atoms with E-state index in [2.05, 4.69) is 29.2 Å². The molecule has 0 saturated heterocycles. The lowest BCUT2D eigenvalue weighted by atomic mass is 10.1. The fourth-order valence-electron chi connectivity index (χ4n) is 2.70. The third-order valence-electron chi connectivity index (χ3n) is 4.36. The lowest BCUT2D eigenvalue weighted by Crippen LogP contribution is -2.22. The van der Waals surface area contributed by atoms with Crippen LogP contribution < -0.4 is 0 Å². The molecule has 31 heavy (non-hydrogen) atoms. The Bertz CT molecular complexity index is 1120. The maximum atomic E-state index is 13.4. The number of likely N-dealkylation sites (N-methyl/N-ethyl adjacent to an activating group) is 1. The lowest BCUT2D eigenvalue weighted by molar-refractivity contribution is 0.627. The minimum absolute atomic E-state index is 0.282. The maximum Gasteiger partial charge on any atom is 0.168 e. The van der Waals surface area contributed by atoms with E-state index in [1.807, 2.05) is 68.3 Å². The molecule has 2 aromatic carbocycles. The quantitative estimate of drug-likeness (QED) is 0.184. The summed E-state index contributed by atoms with van der Waals surface area (Å²) in [6.45, 7) is 12.1. The number of hydrogen-bond donors (Lipinski definition) is 0. The van der Waals surface area contributed by atoms with Crippen LogP contribution in [-0.4, -0.2) is 29.1 Å². The van der Waals surface area contributed by atoms with Crippen LogP contribution in [0.3, 0.4) is 0 Å². The molecule has 0 amide bonds. The second-order valence-corrected chi connectivity index (χ2v) is 7.43. The number of nitrogens with zero attached hydrogens (tertiary/aromatic N) is 3. The predicted octanol–water partition coefficient (Wildman–Crippen LogP) is 7.19. The highest BCUT2D eigenvalue weighted by Gasteiger charge is 2.10. The van der Waals surface area contributed by atoms with E-state index in [0.717, 1.165) is 32.2 Å². The Morgan fingerprint density at radius 2 is 1.84 bits per heavy atom. The summed E-state index contributed by atoms with van der Waals surface area (Å²) in [7, 11) is 3.67. The van der Waals surface area contributed by atoms with E-state index in [1.54, 1.807) is 31.1 Å². The molecule has 0 radical (unpaired) electrons. The van der Waals surface area contributed by atoms with Crippen molar-refractivity contribution >= 4 is 33.4 Å². The van der Waals surface area contributed by atoms with E-state index in [-0.39, 0.29) is 5.82 Å². The molecule has 0 fully saturated rings. The Kier molecular flexibility index (Phi) is 9.22. The molecule has 5 heteroatoms. The Hall–Kier alpha value is -3.18. The molecular weight excluding hydrogens is 405 g/mol. The summed E-state index contributed by atoms with van der Waals surface area (Å²) in [5, 5.41) is 1.89. The number of benzene rings is 2. The van der Waals surface area contributed by atoms with E-state index in [9.17, 15) is 4.39 Å². The zero-order chi connectivity index (χ0) is 22.8. The summed E-state index contributed by atoms with van der Waals surface area (Å²) in [6.07, 6.45) is 5.46. The molecule has 0 bridgehead atoms. The Morgan fingerprint density at radius 3 is 2.55 bits per heavy atom. The standard InChI is InChI=1S/C24H22FN3S.C2H6/c1-17(19-7-5-9-21(25)15-19)10-11-18(2)28(4)24(26-3)29-22-12-13-23-20(16-22)8-6-14-27-23;1-2/h5-16H,1-2H2,3-4H3;1-2H3/b11-10-,26-24?;. The Balaban J connectivity index is 0.00000166. The summed E-state index contributed by atoms with van der Waals surface area (Å²) in [5.41, 5.74) is 3.16. The van der Waals surface area contributed by atoms with E-state index < -0.39 is 0 Å². The van der Waals surface area contributed by atoms with Crippen LogP contribution >= 0.6 is 11.8 Å². The van der Waals surface area contributed by atoms with Gasteiger partial charge in [-0.15, -0.1) is 0 Å². The number of thioether (sulfide) groups is 1. The SMILES string of the molecule is C=C(/C=C\C(=C)N(C)C(=NC)Sc1ccc2ncccc2c1)c1cccc(F)c1.CC. The van der Waals surface area contributed by atoms with Crippen molar-refractivity contribution in [3.05, 3.63) is 103 Å². The highest BCUT2D eigenvalue weighted by molar-refractivity contribution is 8.13. The number of aromatic nitrogens is 1. The molecule has 0 aliphatic rings. The number of amidine groups is 1. The van der Waals surface area contributed by atoms with Crippen LogP contribution in [0.1, 0.15) is 19.4 Å². The van der Waals surface area contributed by atoms with Crippen LogP contribution in [0.2, 0.25) is 0 Å². The first-order valence-electron chi connectivity index (χ1n) is 10.0. The van der Waals surface area contributed by atoms with Gasteiger partial charge in [0.2, 0.25) is 0 Å².